The fourth-order valence-corrected chi connectivity index (χ4v) is 2.66. The van der Waals surface area contributed by atoms with Crippen molar-refractivity contribution in [1.82, 2.24) is 0 Å². The van der Waals surface area contributed by atoms with E-state index >= 15 is 0 Å². The molecule has 1 atom stereocenters. The van der Waals surface area contributed by atoms with Crippen LogP contribution in [0.15, 0.2) is 47.2 Å². The summed E-state index contributed by atoms with van der Waals surface area (Å²) in [7, 11) is 0. The highest BCUT2D eigenvalue weighted by Crippen LogP contribution is 2.35. The Balaban J connectivity index is 2.60. The van der Waals surface area contributed by atoms with E-state index in [4.69, 9.17) is 19.9 Å². The van der Waals surface area contributed by atoms with Crippen molar-refractivity contribution in [1.29, 1.82) is 5.26 Å². The first kappa shape index (κ1) is 20.0. The number of esters is 1. The third kappa shape index (κ3) is 4.44. The number of carbonyl (C=O) groups is 2. The van der Waals surface area contributed by atoms with Gasteiger partial charge in [-0.15, -0.1) is 0 Å². The Hall–Kier alpha value is -3.34. The molecule has 0 spiro atoms. The molecule has 8 heteroatoms. The van der Waals surface area contributed by atoms with Gasteiger partial charge in [0.15, 0.2) is 5.76 Å². The number of ether oxygens (including phenoxy) is 3. The number of rotatable bonds is 6. The lowest BCUT2D eigenvalue weighted by molar-refractivity contribution is -0.143. The predicted molar refractivity (Wildman–Crippen MR) is 92.0 cm³/mol. The van der Waals surface area contributed by atoms with Crippen molar-refractivity contribution in [3.05, 3.63) is 58.6 Å². The number of halogens is 1. The molecule has 0 aliphatic carbocycles. The normalized spacial score (nSPS) is 17.1. The molecule has 142 valence electrons. The molecular weight excluding hydrogens is 355 g/mol. The maximum atomic E-state index is 13.7. The highest BCUT2D eigenvalue weighted by atomic mass is 19.1. The van der Waals surface area contributed by atoms with Gasteiger partial charge in [0.1, 0.15) is 23.9 Å². The third-order valence-corrected chi connectivity index (χ3v) is 3.73. The quantitative estimate of drug-likeness (QED) is 0.761. The van der Waals surface area contributed by atoms with Gasteiger partial charge in [-0.3, -0.25) is 9.59 Å². The summed E-state index contributed by atoms with van der Waals surface area (Å²) in [5, 5.41) is 9.51. The summed E-state index contributed by atoms with van der Waals surface area (Å²) in [6.07, 6.45) is -0.399. The predicted octanol–water partition coefficient (Wildman–Crippen LogP) is 2.40. The van der Waals surface area contributed by atoms with E-state index in [1.54, 1.807) is 13.8 Å². The second-order valence-corrected chi connectivity index (χ2v) is 5.51. The fourth-order valence-electron chi connectivity index (χ4n) is 2.66. The summed E-state index contributed by atoms with van der Waals surface area (Å²) in [5.41, 5.74) is 5.89. The number of allylic oxidation sites excluding steroid dienone is 2. The van der Waals surface area contributed by atoms with Gasteiger partial charge >= 0.3 is 5.97 Å². The lowest BCUT2D eigenvalue weighted by Gasteiger charge is -2.16. The number of ketones is 1. The largest absolute Gasteiger partial charge is 0.487 e. The van der Waals surface area contributed by atoms with E-state index < -0.39 is 29.9 Å². The van der Waals surface area contributed by atoms with Crippen molar-refractivity contribution in [2.24, 2.45) is 5.73 Å². The fraction of sp³-hybridized carbons (Fsp3) is 0.316. The zero-order valence-electron chi connectivity index (χ0n) is 15.0. The molecule has 2 rings (SSSR count). The van der Waals surface area contributed by atoms with Gasteiger partial charge in [-0.2, -0.15) is 5.26 Å². The van der Waals surface area contributed by atoms with Crippen LogP contribution >= 0.6 is 0 Å². The number of nitriles is 1. The van der Waals surface area contributed by atoms with Gasteiger partial charge in [0.25, 0.3) is 0 Å². The van der Waals surface area contributed by atoms with Crippen molar-refractivity contribution >= 4 is 11.8 Å². The van der Waals surface area contributed by atoms with Crippen molar-refractivity contribution in [2.45, 2.75) is 26.2 Å². The molecule has 0 bridgehead atoms. The molecule has 1 unspecified atom stereocenters. The molecule has 27 heavy (non-hydrogen) atoms. The van der Waals surface area contributed by atoms with Crippen LogP contribution in [0.4, 0.5) is 4.39 Å². The number of nitrogens with two attached hydrogens (primary N) is 1. The van der Waals surface area contributed by atoms with E-state index in [0.29, 0.717) is 0 Å². The number of nitrogens with zero attached hydrogens (tertiary/aromatic N) is 1. The first-order chi connectivity index (χ1) is 12.9. The molecule has 0 aromatic heterocycles. The summed E-state index contributed by atoms with van der Waals surface area (Å²) in [6, 6.07) is 7.10. The lowest BCUT2D eigenvalue weighted by Crippen LogP contribution is -2.20. The van der Waals surface area contributed by atoms with Crippen LogP contribution in [0.3, 0.4) is 0 Å². The SMILES string of the molecule is CCOC(=O)CC1=C(OCC)C(=O)C(c2cccc(F)c2)C(C#N)=C(N)O1. The van der Waals surface area contributed by atoms with Crippen LogP contribution in [-0.2, 0) is 23.8 Å². The molecular formula is C19H19FN2O5. The second kappa shape index (κ2) is 8.85. The van der Waals surface area contributed by atoms with Gasteiger partial charge in [-0.1, -0.05) is 12.1 Å². The molecule has 7 nitrogen and oxygen atoms in total. The van der Waals surface area contributed by atoms with Gasteiger partial charge in [-0.25, -0.2) is 4.39 Å². The molecule has 2 N–H and O–H groups in total. The van der Waals surface area contributed by atoms with Gasteiger partial charge in [0.2, 0.25) is 17.4 Å². The van der Waals surface area contributed by atoms with E-state index in [2.05, 4.69) is 0 Å². The molecule has 1 aliphatic rings. The molecule has 1 heterocycles. The summed E-state index contributed by atoms with van der Waals surface area (Å²) in [4.78, 5) is 25.0. The number of carbonyl (C=O) groups excluding carboxylic acids is 2. The Kier molecular flexibility index (Phi) is 6.55. The zero-order valence-corrected chi connectivity index (χ0v) is 15.0. The Morgan fingerprint density at radius 2 is 2.11 bits per heavy atom. The van der Waals surface area contributed by atoms with E-state index in [-0.39, 0.29) is 41.8 Å². The highest BCUT2D eigenvalue weighted by molar-refractivity contribution is 6.02. The van der Waals surface area contributed by atoms with Crippen LogP contribution in [0.25, 0.3) is 0 Å². The Morgan fingerprint density at radius 1 is 1.37 bits per heavy atom. The van der Waals surface area contributed by atoms with Crippen LogP contribution in [0.2, 0.25) is 0 Å². The molecule has 1 aromatic carbocycles. The lowest BCUT2D eigenvalue weighted by atomic mass is 9.87. The average molecular weight is 374 g/mol. The summed E-state index contributed by atoms with van der Waals surface area (Å²) in [6.45, 7) is 3.53. The van der Waals surface area contributed by atoms with Crippen molar-refractivity contribution in [2.75, 3.05) is 13.2 Å². The minimum absolute atomic E-state index is 0.106. The smallest absolute Gasteiger partial charge is 0.313 e. The summed E-state index contributed by atoms with van der Waals surface area (Å²) < 4.78 is 29.4. The van der Waals surface area contributed by atoms with E-state index in [0.717, 1.165) is 6.07 Å². The van der Waals surface area contributed by atoms with Gasteiger partial charge in [-0.05, 0) is 31.5 Å². The Labute approximate surface area is 155 Å². The van der Waals surface area contributed by atoms with Crippen LogP contribution in [-0.4, -0.2) is 25.0 Å². The molecule has 0 radical (unpaired) electrons. The van der Waals surface area contributed by atoms with E-state index in [1.807, 2.05) is 6.07 Å². The first-order valence-corrected chi connectivity index (χ1v) is 8.31. The second-order valence-electron chi connectivity index (χ2n) is 5.51. The molecule has 0 fully saturated rings. The van der Waals surface area contributed by atoms with E-state index in [1.165, 1.54) is 18.2 Å². The van der Waals surface area contributed by atoms with Gasteiger partial charge in [0.05, 0.1) is 19.1 Å². The molecule has 0 amide bonds. The standard InChI is InChI=1S/C19H19FN2O5/c1-3-25-15(23)9-14-18(26-4-2)17(24)16(13(10-21)19(22)27-14)11-6-5-7-12(20)8-11/h5-8,16H,3-4,9,22H2,1-2H3. The van der Waals surface area contributed by atoms with Crippen LogP contribution < -0.4 is 5.73 Å². The first-order valence-electron chi connectivity index (χ1n) is 8.31. The van der Waals surface area contributed by atoms with Crippen LogP contribution in [0.5, 0.6) is 0 Å². The molecule has 0 saturated heterocycles. The molecule has 0 saturated carbocycles. The monoisotopic (exact) mass is 374 g/mol. The Morgan fingerprint density at radius 3 is 2.70 bits per heavy atom. The number of hydrogen-bond acceptors (Lipinski definition) is 7. The van der Waals surface area contributed by atoms with Crippen LogP contribution in [0.1, 0.15) is 31.7 Å². The Bertz CT molecular complexity index is 854. The zero-order chi connectivity index (χ0) is 20.0. The summed E-state index contributed by atoms with van der Waals surface area (Å²) in [5.74, 6) is -3.83. The highest BCUT2D eigenvalue weighted by Gasteiger charge is 2.37. The van der Waals surface area contributed by atoms with Crippen molar-refractivity contribution in [3.63, 3.8) is 0 Å². The van der Waals surface area contributed by atoms with Crippen LogP contribution in [0, 0.1) is 17.1 Å². The van der Waals surface area contributed by atoms with Crippen molar-refractivity contribution in [3.8, 4) is 6.07 Å². The molecule has 1 aromatic rings. The summed E-state index contributed by atoms with van der Waals surface area (Å²) >= 11 is 0. The topological polar surface area (TPSA) is 112 Å². The molecule has 1 aliphatic heterocycles. The van der Waals surface area contributed by atoms with Crippen molar-refractivity contribution < 1.29 is 28.2 Å². The maximum absolute atomic E-state index is 13.7. The number of Topliss-reactive ketones (excluding diaryl/α,β-unsaturated/α-hetero) is 1. The number of hydrogen-bond donors (Lipinski definition) is 1. The van der Waals surface area contributed by atoms with E-state index in [9.17, 15) is 19.2 Å². The van der Waals surface area contributed by atoms with Gasteiger partial charge < -0.3 is 19.9 Å². The minimum Gasteiger partial charge on any atom is -0.487 e. The number of benzene rings is 1. The maximum Gasteiger partial charge on any atom is 0.313 e. The van der Waals surface area contributed by atoms with Gasteiger partial charge in [0, 0.05) is 0 Å². The minimum atomic E-state index is -1.22. The average Bonchev–Trinajstić information content (AvgIpc) is 2.71. The third-order valence-electron chi connectivity index (χ3n) is 3.73.